The summed E-state index contributed by atoms with van der Waals surface area (Å²) in [5.41, 5.74) is 0.594. The van der Waals surface area contributed by atoms with Gasteiger partial charge >= 0.3 is 0 Å². The average Bonchev–Trinajstić information content (AvgIpc) is 3.31. The Morgan fingerprint density at radius 2 is 1.97 bits per heavy atom. The highest BCUT2D eigenvalue weighted by molar-refractivity contribution is 7.93. The van der Waals surface area contributed by atoms with E-state index in [0.29, 0.717) is 34.0 Å². The fourth-order valence-electron chi connectivity index (χ4n) is 3.04. The Morgan fingerprint density at radius 1 is 1.22 bits per heavy atom. The van der Waals surface area contributed by atoms with Gasteiger partial charge in [0.25, 0.3) is 5.91 Å². The lowest BCUT2D eigenvalue weighted by Gasteiger charge is -2.12. The minimum Gasteiger partial charge on any atom is -0.493 e. The number of rotatable bonds is 10. The number of benzene rings is 2. The lowest BCUT2D eigenvalue weighted by atomic mass is 10.1. The SMILES string of the molecule is COc1cc(C=C(C#N)C(=O)Nc2nnc(S(=O)(=O)CC(C)C)s2)ccc1OCc1ccccc1F. The van der Waals surface area contributed by atoms with Crippen molar-refractivity contribution in [3.05, 3.63) is 65.0 Å². The number of methoxy groups -OCH3 is 1. The summed E-state index contributed by atoms with van der Waals surface area (Å²) in [5.74, 6) is -0.688. The zero-order valence-corrected chi connectivity index (χ0v) is 21.3. The van der Waals surface area contributed by atoms with Crippen molar-refractivity contribution in [1.82, 2.24) is 10.2 Å². The van der Waals surface area contributed by atoms with E-state index >= 15 is 0 Å². The second-order valence-corrected chi connectivity index (χ2v) is 11.1. The Balaban J connectivity index is 1.74. The number of carbonyl (C=O) groups excluding carboxylic acids is 1. The summed E-state index contributed by atoms with van der Waals surface area (Å²) in [6.07, 6.45) is 1.33. The molecule has 0 saturated heterocycles. The normalized spacial score (nSPS) is 11.7. The zero-order chi connectivity index (χ0) is 26.3. The molecule has 0 aliphatic heterocycles. The van der Waals surface area contributed by atoms with E-state index < -0.39 is 15.7 Å². The molecule has 188 valence electrons. The molecule has 36 heavy (non-hydrogen) atoms. The monoisotopic (exact) mass is 530 g/mol. The quantitative estimate of drug-likeness (QED) is 0.234. The Hall–Kier alpha value is -3.82. The van der Waals surface area contributed by atoms with E-state index in [-0.39, 0.29) is 39.1 Å². The van der Waals surface area contributed by atoms with Crippen LogP contribution >= 0.6 is 11.3 Å². The molecule has 1 amide bonds. The molecule has 0 unspecified atom stereocenters. The Bertz CT molecular complexity index is 1430. The first-order chi connectivity index (χ1) is 17.1. The van der Waals surface area contributed by atoms with E-state index in [1.54, 1.807) is 50.2 Å². The average molecular weight is 531 g/mol. The fraction of sp³-hybridized carbons (Fsp3) is 0.250. The maximum atomic E-state index is 13.8. The lowest BCUT2D eigenvalue weighted by Crippen LogP contribution is -2.13. The van der Waals surface area contributed by atoms with Crippen molar-refractivity contribution in [2.45, 2.75) is 24.8 Å². The molecule has 0 bridgehead atoms. The summed E-state index contributed by atoms with van der Waals surface area (Å²) in [4.78, 5) is 12.6. The van der Waals surface area contributed by atoms with Crippen LogP contribution in [0.3, 0.4) is 0 Å². The molecule has 0 atom stereocenters. The standard InChI is InChI=1S/C24H23FN4O5S2/c1-15(2)14-36(31,32)24-29-28-23(35-24)27-22(30)18(12-26)10-16-8-9-20(21(11-16)33-3)34-13-17-6-4-5-7-19(17)25/h4-11,15H,13-14H2,1-3H3,(H,27,28,30). The number of sulfone groups is 1. The number of anilines is 1. The van der Waals surface area contributed by atoms with Crippen LogP contribution in [0.5, 0.6) is 11.5 Å². The van der Waals surface area contributed by atoms with Crippen LogP contribution in [0.4, 0.5) is 9.52 Å². The number of halogens is 1. The maximum absolute atomic E-state index is 13.8. The maximum Gasteiger partial charge on any atom is 0.268 e. The first kappa shape index (κ1) is 26.8. The topological polar surface area (TPSA) is 131 Å². The van der Waals surface area contributed by atoms with Gasteiger partial charge in [-0.1, -0.05) is 49.4 Å². The van der Waals surface area contributed by atoms with Gasteiger partial charge in [-0.05, 0) is 35.8 Å². The smallest absolute Gasteiger partial charge is 0.268 e. The van der Waals surface area contributed by atoms with E-state index in [9.17, 15) is 22.9 Å². The molecular weight excluding hydrogens is 507 g/mol. The van der Waals surface area contributed by atoms with E-state index in [1.165, 1.54) is 19.3 Å². The first-order valence-corrected chi connectivity index (χ1v) is 13.1. The van der Waals surface area contributed by atoms with Gasteiger partial charge < -0.3 is 9.47 Å². The highest BCUT2D eigenvalue weighted by Gasteiger charge is 2.23. The van der Waals surface area contributed by atoms with Gasteiger partial charge in [0.15, 0.2) is 11.5 Å². The van der Waals surface area contributed by atoms with Crippen molar-refractivity contribution < 1.29 is 27.1 Å². The van der Waals surface area contributed by atoms with Gasteiger partial charge in [0.05, 0.1) is 12.9 Å². The molecule has 1 aromatic heterocycles. The summed E-state index contributed by atoms with van der Waals surface area (Å²) < 4.78 is 49.2. The molecule has 1 N–H and O–H groups in total. The molecule has 0 fully saturated rings. The summed E-state index contributed by atoms with van der Waals surface area (Å²) >= 11 is 0.715. The molecule has 0 radical (unpaired) electrons. The number of hydrogen-bond acceptors (Lipinski definition) is 9. The molecule has 0 aliphatic carbocycles. The minimum absolute atomic E-state index is 0.0131. The predicted molar refractivity (Wildman–Crippen MR) is 133 cm³/mol. The molecule has 9 nitrogen and oxygen atoms in total. The second-order valence-electron chi connectivity index (χ2n) is 7.96. The van der Waals surface area contributed by atoms with Crippen molar-refractivity contribution in [1.29, 1.82) is 5.26 Å². The Morgan fingerprint density at radius 3 is 2.64 bits per heavy atom. The number of carbonyl (C=O) groups is 1. The van der Waals surface area contributed by atoms with Crippen LogP contribution in [0.15, 0.2) is 52.4 Å². The van der Waals surface area contributed by atoms with Crippen molar-refractivity contribution in [3.8, 4) is 17.6 Å². The molecular formula is C24H23FN4O5S2. The molecule has 0 saturated carbocycles. The largest absolute Gasteiger partial charge is 0.493 e. The third-order valence-electron chi connectivity index (χ3n) is 4.65. The van der Waals surface area contributed by atoms with Crippen molar-refractivity contribution in [2.75, 3.05) is 18.2 Å². The Labute approximate surface area is 212 Å². The van der Waals surface area contributed by atoms with Gasteiger partial charge in [-0.2, -0.15) is 5.26 Å². The third-order valence-corrected chi connectivity index (χ3v) is 8.01. The lowest BCUT2D eigenvalue weighted by molar-refractivity contribution is -0.112. The number of amides is 1. The summed E-state index contributed by atoms with van der Waals surface area (Å²) in [6, 6.07) is 12.8. The number of ether oxygens (including phenoxy) is 2. The van der Waals surface area contributed by atoms with Crippen LogP contribution in [0.1, 0.15) is 25.0 Å². The van der Waals surface area contributed by atoms with Crippen LogP contribution in [0.2, 0.25) is 0 Å². The number of nitrogens with zero attached hydrogens (tertiary/aromatic N) is 3. The highest BCUT2D eigenvalue weighted by Crippen LogP contribution is 2.30. The Kier molecular flexibility index (Phi) is 8.73. The van der Waals surface area contributed by atoms with Gasteiger partial charge in [0, 0.05) is 5.56 Å². The zero-order valence-electron chi connectivity index (χ0n) is 19.7. The molecule has 1 heterocycles. The van der Waals surface area contributed by atoms with Crippen LogP contribution in [-0.2, 0) is 21.2 Å². The summed E-state index contributed by atoms with van der Waals surface area (Å²) in [6.45, 7) is 3.52. The first-order valence-electron chi connectivity index (χ1n) is 10.7. The minimum atomic E-state index is -3.62. The second kappa shape index (κ2) is 11.7. The van der Waals surface area contributed by atoms with E-state index in [4.69, 9.17) is 9.47 Å². The molecule has 3 rings (SSSR count). The molecule has 0 aliphatic rings. The van der Waals surface area contributed by atoms with Crippen molar-refractivity contribution >= 4 is 38.3 Å². The fourth-order valence-corrected chi connectivity index (χ4v) is 5.65. The van der Waals surface area contributed by atoms with E-state index in [2.05, 4.69) is 15.5 Å². The molecule has 3 aromatic rings. The number of hydrogen-bond donors (Lipinski definition) is 1. The van der Waals surface area contributed by atoms with Crippen molar-refractivity contribution in [2.24, 2.45) is 5.92 Å². The van der Waals surface area contributed by atoms with E-state index in [0.717, 1.165) is 0 Å². The van der Waals surface area contributed by atoms with Gasteiger partial charge in [-0.3, -0.25) is 10.1 Å². The highest BCUT2D eigenvalue weighted by atomic mass is 32.2. The van der Waals surface area contributed by atoms with Gasteiger partial charge in [0.1, 0.15) is 24.1 Å². The third kappa shape index (κ3) is 6.87. The van der Waals surface area contributed by atoms with Crippen molar-refractivity contribution in [3.63, 3.8) is 0 Å². The predicted octanol–water partition coefficient (Wildman–Crippen LogP) is 4.24. The summed E-state index contributed by atoms with van der Waals surface area (Å²) in [7, 11) is -2.19. The van der Waals surface area contributed by atoms with Gasteiger partial charge in [-0.25, -0.2) is 12.8 Å². The number of nitriles is 1. The van der Waals surface area contributed by atoms with E-state index in [1.807, 2.05) is 6.07 Å². The molecule has 0 spiro atoms. The summed E-state index contributed by atoms with van der Waals surface area (Å²) in [5, 5.41) is 19.2. The van der Waals surface area contributed by atoms with Crippen LogP contribution < -0.4 is 14.8 Å². The molecule has 2 aromatic carbocycles. The van der Waals surface area contributed by atoms with Gasteiger partial charge in [0.2, 0.25) is 19.3 Å². The van der Waals surface area contributed by atoms with Crippen LogP contribution in [0.25, 0.3) is 6.08 Å². The van der Waals surface area contributed by atoms with Crippen LogP contribution in [0, 0.1) is 23.1 Å². The number of nitrogens with one attached hydrogen (secondary N) is 1. The number of aromatic nitrogens is 2. The van der Waals surface area contributed by atoms with Crippen LogP contribution in [-0.4, -0.2) is 37.4 Å². The molecule has 12 heteroatoms. The van der Waals surface area contributed by atoms with Gasteiger partial charge in [-0.15, -0.1) is 10.2 Å².